The predicted octanol–water partition coefficient (Wildman–Crippen LogP) is 2.47. The fourth-order valence-electron chi connectivity index (χ4n) is 2.75. The molecule has 0 atom stereocenters. The number of fused-ring (bicyclic) bond motifs is 1. The van der Waals surface area contributed by atoms with Gasteiger partial charge in [0.15, 0.2) is 0 Å². The Morgan fingerprint density at radius 3 is 2.64 bits per heavy atom. The summed E-state index contributed by atoms with van der Waals surface area (Å²) in [6.45, 7) is 2.10. The zero-order valence-electron chi connectivity index (χ0n) is 13.4. The van der Waals surface area contributed by atoms with Gasteiger partial charge >= 0.3 is 0 Å². The van der Waals surface area contributed by atoms with Gasteiger partial charge in [0.1, 0.15) is 11.3 Å². The zero-order chi connectivity index (χ0) is 17.4. The normalized spacial score (nSPS) is 11.1. The zero-order valence-corrected chi connectivity index (χ0v) is 13.4. The third-order valence-corrected chi connectivity index (χ3v) is 3.98. The van der Waals surface area contributed by atoms with Crippen molar-refractivity contribution in [3.8, 4) is 5.69 Å². The molecule has 0 aliphatic carbocycles. The first-order valence-corrected chi connectivity index (χ1v) is 7.75. The summed E-state index contributed by atoms with van der Waals surface area (Å²) in [6.07, 6.45) is 3.28. The topological polar surface area (TPSA) is 65.6 Å². The third-order valence-electron chi connectivity index (χ3n) is 3.98. The van der Waals surface area contributed by atoms with Gasteiger partial charge in [-0.3, -0.25) is 9.78 Å². The van der Waals surface area contributed by atoms with Crippen LogP contribution in [0.3, 0.4) is 0 Å². The van der Waals surface area contributed by atoms with Crippen LogP contribution >= 0.6 is 0 Å². The van der Waals surface area contributed by atoms with E-state index < -0.39 is 0 Å². The van der Waals surface area contributed by atoms with Gasteiger partial charge in [0.05, 0.1) is 29.8 Å². The van der Waals surface area contributed by atoms with E-state index in [0.717, 1.165) is 5.69 Å². The molecule has 0 aliphatic heterocycles. The van der Waals surface area contributed by atoms with Gasteiger partial charge in [-0.15, -0.1) is 0 Å². The Morgan fingerprint density at radius 2 is 1.92 bits per heavy atom. The maximum Gasteiger partial charge on any atom is 0.293 e. The summed E-state index contributed by atoms with van der Waals surface area (Å²) in [5.41, 5.74) is 2.19. The molecule has 4 aromatic rings. The summed E-state index contributed by atoms with van der Waals surface area (Å²) in [4.78, 5) is 17.2. The molecule has 0 bridgehead atoms. The lowest BCUT2D eigenvalue weighted by Crippen LogP contribution is -2.26. The third kappa shape index (κ3) is 2.69. The Balaban J connectivity index is 1.90. The SMILES string of the molecule is Cc1nn(Cc2ccccn2)c(=O)c2c1cnn2-c1ccc(F)cc1. The fraction of sp³-hybridized carbons (Fsp3) is 0.111. The second kappa shape index (κ2) is 5.94. The van der Waals surface area contributed by atoms with E-state index in [4.69, 9.17) is 0 Å². The number of hydrogen-bond acceptors (Lipinski definition) is 4. The molecular formula is C18H14FN5O. The van der Waals surface area contributed by atoms with Crippen LogP contribution in [0.4, 0.5) is 4.39 Å². The summed E-state index contributed by atoms with van der Waals surface area (Å²) in [7, 11) is 0. The van der Waals surface area contributed by atoms with Gasteiger partial charge in [0.2, 0.25) is 0 Å². The van der Waals surface area contributed by atoms with Crippen molar-refractivity contribution in [3.63, 3.8) is 0 Å². The van der Waals surface area contributed by atoms with Crippen LogP contribution in [0.2, 0.25) is 0 Å². The molecule has 0 amide bonds. The number of pyridine rings is 1. The van der Waals surface area contributed by atoms with Crippen LogP contribution < -0.4 is 5.56 Å². The molecule has 0 N–H and O–H groups in total. The van der Waals surface area contributed by atoms with Crippen LogP contribution in [0.15, 0.2) is 59.7 Å². The van der Waals surface area contributed by atoms with Crippen molar-refractivity contribution in [1.29, 1.82) is 0 Å². The average molecular weight is 335 g/mol. The molecule has 7 heteroatoms. The van der Waals surface area contributed by atoms with Gasteiger partial charge < -0.3 is 0 Å². The lowest BCUT2D eigenvalue weighted by atomic mass is 10.2. The van der Waals surface area contributed by atoms with Crippen molar-refractivity contribution in [2.24, 2.45) is 0 Å². The highest BCUT2D eigenvalue weighted by atomic mass is 19.1. The molecule has 0 radical (unpaired) electrons. The summed E-state index contributed by atoms with van der Waals surface area (Å²) in [5.74, 6) is -0.342. The van der Waals surface area contributed by atoms with E-state index in [1.165, 1.54) is 21.5 Å². The van der Waals surface area contributed by atoms with Crippen LogP contribution in [0.5, 0.6) is 0 Å². The highest BCUT2D eigenvalue weighted by Crippen LogP contribution is 2.17. The summed E-state index contributed by atoms with van der Waals surface area (Å²) in [5, 5.41) is 9.33. The first kappa shape index (κ1) is 15.2. The first-order chi connectivity index (χ1) is 12.1. The maximum atomic E-state index is 13.2. The van der Waals surface area contributed by atoms with Crippen LogP contribution in [0, 0.1) is 12.7 Å². The largest absolute Gasteiger partial charge is 0.293 e. The Morgan fingerprint density at radius 1 is 1.12 bits per heavy atom. The number of aromatic nitrogens is 5. The Labute approximate surface area is 142 Å². The van der Waals surface area contributed by atoms with E-state index in [9.17, 15) is 9.18 Å². The van der Waals surface area contributed by atoms with Crippen molar-refractivity contribution in [3.05, 3.63) is 82.4 Å². The van der Waals surface area contributed by atoms with Gasteiger partial charge in [-0.2, -0.15) is 10.2 Å². The van der Waals surface area contributed by atoms with Gasteiger partial charge in [-0.25, -0.2) is 13.8 Å². The predicted molar refractivity (Wildman–Crippen MR) is 91.2 cm³/mol. The van der Waals surface area contributed by atoms with E-state index >= 15 is 0 Å². The number of hydrogen-bond donors (Lipinski definition) is 0. The van der Waals surface area contributed by atoms with Gasteiger partial charge in [0, 0.05) is 11.6 Å². The summed E-state index contributed by atoms with van der Waals surface area (Å²) >= 11 is 0. The molecule has 0 unspecified atom stereocenters. The highest BCUT2D eigenvalue weighted by molar-refractivity contribution is 5.81. The Kier molecular flexibility index (Phi) is 3.61. The number of halogens is 1. The van der Waals surface area contributed by atoms with Gasteiger partial charge in [-0.05, 0) is 43.3 Å². The molecular weight excluding hydrogens is 321 g/mol. The maximum absolute atomic E-state index is 13.2. The van der Waals surface area contributed by atoms with Crippen molar-refractivity contribution in [1.82, 2.24) is 24.5 Å². The van der Waals surface area contributed by atoms with Crippen molar-refractivity contribution < 1.29 is 4.39 Å². The molecule has 3 heterocycles. The minimum atomic E-state index is -0.342. The van der Waals surface area contributed by atoms with Gasteiger partial charge in [-0.1, -0.05) is 6.07 Å². The van der Waals surface area contributed by atoms with Crippen LogP contribution in [0.25, 0.3) is 16.6 Å². The molecule has 0 saturated heterocycles. The summed E-state index contributed by atoms with van der Waals surface area (Å²) < 4.78 is 16.1. The molecule has 25 heavy (non-hydrogen) atoms. The second-order valence-corrected chi connectivity index (χ2v) is 5.66. The highest BCUT2D eigenvalue weighted by Gasteiger charge is 2.15. The molecule has 1 aromatic carbocycles. The average Bonchev–Trinajstić information content (AvgIpc) is 3.07. The van der Waals surface area contributed by atoms with Crippen molar-refractivity contribution in [2.75, 3.05) is 0 Å². The number of rotatable bonds is 3. The smallest absolute Gasteiger partial charge is 0.265 e. The van der Waals surface area contributed by atoms with E-state index in [1.54, 1.807) is 24.5 Å². The number of aryl methyl sites for hydroxylation is 1. The molecule has 0 spiro atoms. The van der Waals surface area contributed by atoms with Crippen LogP contribution in [0.1, 0.15) is 11.4 Å². The Hall–Kier alpha value is -3.35. The standard InChI is InChI=1S/C18H14FN5O/c1-12-16-10-21-24(15-7-5-13(19)6-8-15)17(16)18(25)23(22-12)11-14-4-2-3-9-20-14/h2-10H,11H2,1H3. The van der Waals surface area contributed by atoms with Crippen LogP contribution in [-0.2, 0) is 6.54 Å². The minimum absolute atomic E-state index is 0.269. The fourth-order valence-corrected chi connectivity index (χ4v) is 2.75. The second-order valence-electron chi connectivity index (χ2n) is 5.66. The summed E-state index contributed by atoms with van der Waals surface area (Å²) in [6, 6.07) is 11.4. The van der Waals surface area contributed by atoms with E-state index in [1.807, 2.05) is 25.1 Å². The minimum Gasteiger partial charge on any atom is -0.265 e. The van der Waals surface area contributed by atoms with E-state index in [0.29, 0.717) is 22.3 Å². The molecule has 0 saturated carbocycles. The van der Waals surface area contributed by atoms with Gasteiger partial charge in [0.25, 0.3) is 5.56 Å². The number of nitrogens with zero attached hydrogens (tertiary/aromatic N) is 5. The monoisotopic (exact) mass is 335 g/mol. The molecule has 3 aromatic heterocycles. The first-order valence-electron chi connectivity index (χ1n) is 7.75. The number of benzene rings is 1. The van der Waals surface area contributed by atoms with Crippen molar-refractivity contribution in [2.45, 2.75) is 13.5 Å². The molecule has 0 aliphatic rings. The van der Waals surface area contributed by atoms with E-state index in [2.05, 4.69) is 15.2 Å². The lowest BCUT2D eigenvalue weighted by molar-refractivity contribution is 0.623. The quantitative estimate of drug-likeness (QED) is 0.577. The van der Waals surface area contributed by atoms with Crippen molar-refractivity contribution >= 4 is 10.9 Å². The molecule has 6 nitrogen and oxygen atoms in total. The molecule has 124 valence electrons. The lowest BCUT2D eigenvalue weighted by Gasteiger charge is -2.08. The van der Waals surface area contributed by atoms with E-state index in [-0.39, 0.29) is 17.9 Å². The van der Waals surface area contributed by atoms with Crippen LogP contribution in [-0.4, -0.2) is 24.5 Å². The molecule has 4 rings (SSSR count). The Bertz CT molecular complexity index is 1100. The molecule has 0 fully saturated rings.